The van der Waals surface area contributed by atoms with Crippen LogP contribution in [-0.2, 0) is 5.41 Å². The molecule has 2 rings (SSSR count). The van der Waals surface area contributed by atoms with Crippen molar-refractivity contribution in [2.24, 2.45) is 0 Å². The van der Waals surface area contributed by atoms with E-state index in [1.165, 1.54) is 5.56 Å². The van der Waals surface area contributed by atoms with Crippen molar-refractivity contribution in [3.05, 3.63) is 72.0 Å². The van der Waals surface area contributed by atoms with E-state index in [4.69, 9.17) is 10.5 Å². The molecular formula is C19H21NO. The molecule has 0 aliphatic carbocycles. The smallest absolute Gasteiger partial charge is 0.176 e. The van der Waals surface area contributed by atoms with Crippen LogP contribution >= 0.6 is 0 Å². The van der Waals surface area contributed by atoms with E-state index in [1.54, 1.807) is 12.1 Å². The van der Waals surface area contributed by atoms with Crippen LogP contribution in [0.1, 0.15) is 31.9 Å². The van der Waals surface area contributed by atoms with Gasteiger partial charge in [-0.05, 0) is 35.2 Å². The van der Waals surface area contributed by atoms with Crippen LogP contribution in [-0.4, -0.2) is 0 Å². The fourth-order valence-electron chi connectivity index (χ4n) is 1.97. The summed E-state index contributed by atoms with van der Waals surface area (Å²) in [4.78, 5) is 0. The minimum absolute atomic E-state index is 0.133. The topological polar surface area (TPSA) is 35.2 Å². The van der Waals surface area contributed by atoms with Crippen LogP contribution in [0.5, 0.6) is 5.75 Å². The summed E-state index contributed by atoms with van der Waals surface area (Å²) in [7, 11) is 0. The molecule has 2 aromatic rings. The van der Waals surface area contributed by atoms with Crippen LogP contribution < -0.4 is 10.5 Å². The van der Waals surface area contributed by atoms with E-state index in [-0.39, 0.29) is 5.41 Å². The van der Waals surface area contributed by atoms with Crippen molar-refractivity contribution >= 4 is 11.4 Å². The first-order valence-electron chi connectivity index (χ1n) is 6.94. The van der Waals surface area contributed by atoms with Crippen LogP contribution in [0.15, 0.2) is 60.8 Å². The van der Waals surface area contributed by atoms with Crippen molar-refractivity contribution in [2.45, 2.75) is 26.2 Å². The molecule has 0 radical (unpaired) electrons. The second kappa shape index (κ2) is 5.90. The Morgan fingerprint density at radius 1 is 1.00 bits per heavy atom. The van der Waals surface area contributed by atoms with E-state index in [1.807, 2.05) is 24.3 Å². The van der Waals surface area contributed by atoms with Gasteiger partial charge in [0.1, 0.15) is 5.75 Å². The third-order valence-electron chi connectivity index (χ3n) is 3.27. The van der Waals surface area contributed by atoms with Crippen LogP contribution in [0, 0.1) is 0 Å². The molecule has 0 aliphatic heterocycles. The maximum Gasteiger partial charge on any atom is 0.176 e. The second-order valence-electron chi connectivity index (χ2n) is 6.00. The standard InChI is InChI=1S/C19H21NO/c1-5-18(21-17-12-10-16(20)11-13-17)14-6-8-15(9-7-14)19(2,3)4/h6-13H,1,20H2,2-4H3. The van der Waals surface area contributed by atoms with E-state index >= 15 is 0 Å². The molecule has 2 nitrogen and oxygen atoms in total. The van der Waals surface area contributed by atoms with Crippen LogP contribution in [0.4, 0.5) is 5.69 Å². The summed E-state index contributed by atoms with van der Waals surface area (Å²) in [5, 5.41) is 0. The first-order valence-corrected chi connectivity index (χ1v) is 6.94. The molecule has 2 N–H and O–H groups in total. The van der Waals surface area contributed by atoms with Crippen LogP contribution in [0.2, 0.25) is 0 Å². The molecule has 0 fully saturated rings. The molecular weight excluding hydrogens is 258 g/mol. The SMILES string of the molecule is C=C=C(Oc1ccc(N)cc1)c1ccc(C(C)(C)C)cc1. The van der Waals surface area contributed by atoms with Gasteiger partial charge in [0.25, 0.3) is 0 Å². The lowest BCUT2D eigenvalue weighted by Crippen LogP contribution is -2.10. The van der Waals surface area contributed by atoms with Gasteiger partial charge >= 0.3 is 0 Å². The summed E-state index contributed by atoms with van der Waals surface area (Å²) < 4.78 is 5.82. The average Bonchev–Trinajstić information content (AvgIpc) is 2.46. The van der Waals surface area contributed by atoms with E-state index in [2.05, 4.69) is 45.2 Å². The zero-order valence-electron chi connectivity index (χ0n) is 12.8. The lowest BCUT2D eigenvalue weighted by molar-refractivity contribution is 0.516. The van der Waals surface area contributed by atoms with Crippen molar-refractivity contribution in [3.63, 3.8) is 0 Å². The number of nitrogens with two attached hydrogens (primary N) is 1. The monoisotopic (exact) mass is 279 g/mol. The number of hydrogen-bond donors (Lipinski definition) is 1. The number of rotatable bonds is 3. The molecule has 0 heterocycles. The second-order valence-corrected chi connectivity index (χ2v) is 6.00. The van der Waals surface area contributed by atoms with Crippen LogP contribution in [0.25, 0.3) is 5.76 Å². The van der Waals surface area contributed by atoms with Gasteiger partial charge in [-0.1, -0.05) is 57.3 Å². The Morgan fingerprint density at radius 3 is 2.05 bits per heavy atom. The van der Waals surface area contributed by atoms with Gasteiger partial charge in [0.2, 0.25) is 0 Å². The van der Waals surface area contributed by atoms with Gasteiger partial charge in [0.15, 0.2) is 5.76 Å². The van der Waals surface area contributed by atoms with Gasteiger partial charge < -0.3 is 10.5 Å². The highest BCUT2D eigenvalue weighted by Crippen LogP contribution is 2.25. The predicted molar refractivity (Wildman–Crippen MR) is 89.2 cm³/mol. The largest absolute Gasteiger partial charge is 0.448 e. The van der Waals surface area contributed by atoms with Gasteiger partial charge in [-0.15, -0.1) is 0 Å². The molecule has 21 heavy (non-hydrogen) atoms. The van der Waals surface area contributed by atoms with E-state index < -0.39 is 0 Å². The van der Waals surface area contributed by atoms with Gasteiger partial charge in [-0.2, -0.15) is 0 Å². The molecule has 0 unspecified atom stereocenters. The number of anilines is 1. The highest BCUT2D eigenvalue weighted by atomic mass is 16.5. The predicted octanol–water partition coefficient (Wildman–Crippen LogP) is 4.77. The maximum absolute atomic E-state index is 5.82. The van der Waals surface area contributed by atoms with Gasteiger partial charge in [0, 0.05) is 11.3 Å². The molecule has 0 atom stereocenters. The molecule has 0 bridgehead atoms. The third kappa shape index (κ3) is 3.77. The zero-order valence-corrected chi connectivity index (χ0v) is 12.8. The fraction of sp³-hybridized carbons (Fsp3) is 0.211. The Morgan fingerprint density at radius 2 is 1.57 bits per heavy atom. The maximum atomic E-state index is 5.82. The molecule has 2 aromatic carbocycles. The molecule has 0 saturated heterocycles. The van der Waals surface area contributed by atoms with Gasteiger partial charge in [-0.25, -0.2) is 0 Å². The quantitative estimate of drug-likeness (QED) is 0.499. The molecule has 0 aliphatic rings. The Bertz CT molecular complexity index is 654. The van der Waals surface area contributed by atoms with Crippen molar-refractivity contribution < 1.29 is 4.74 Å². The van der Waals surface area contributed by atoms with Crippen molar-refractivity contribution in [2.75, 3.05) is 5.73 Å². The van der Waals surface area contributed by atoms with E-state index in [0.717, 1.165) is 11.3 Å². The number of ether oxygens (including phenoxy) is 1. The summed E-state index contributed by atoms with van der Waals surface area (Å²) in [6.07, 6.45) is 0. The van der Waals surface area contributed by atoms with E-state index in [9.17, 15) is 0 Å². The first kappa shape index (κ1) is 15.0. The number of nitrogen functional groups attached to an aromatic ring is 1. The minimum atomic E-state index is 0.133. The summed E-state index contributed by atoms with van der Waals surface area (Å²) in [6.45, 7) is 10.3. The lowest BCUT2D eigenvalue weighted by atomic mass is 9.86. The molecule has 2 heteroatoms. The number of benzene rings is 2. The van der Waals surface area contributed by atoms with Crippen LogP contribution in [0.3, 0.4) is 0 Å². The third-order valence-corrected chi connectivity index (χ3v) is 3.27. The number of hydrogen-bond acceptors (Lipinski definition) is 2. The lowest BCUT2D eigenvalue weighted by Gasteiger charge is -2.19. The van der Waals surface area contributed by atoms with Gasteiger partial charge in [-0.3, -0.25) is 0 Å². The normalized spacial score (nSPS) is 10.8. The highest BCUT2D eigenvalue weighted by Gasteiger charge is 2.13. The van der Waals surface area contributed by atoms with Gasteiger partial charge in [0.05, 0.1) is 0 Å². The Balaban J connectivity index is 2.22. The summed E-state index contributed by atoms with van der Waals surface area (Å²) in [5.41, 5.74) is 11.6. The first-order chi connectivity index (χ1) is 9.90. The summed E-state index contributed by atoms with van der Waals surface area (Å²) in [6, 6.07) is 15.6. The van der Waals surface area contributed by atoms with Crippen molar-refractivity contribution in [3.8, 4) is 5.75 Å². The Labute approximate surface area is 126 Å². The molecule has 108 valence electrons. The Kier molecular flexibility index (Phi) is 4.21. The zero-order chi connectivity index (χ0) is 15.5. The van der Waals surface area contributed by atoms with E-state index in [0.29, 0.717) is 11.4 Å². The van der Waals surface area contributed by atoms with Crippen molar-refractivity contribution in [1.29, 1.82) is 0 Å². The van der Waals surface area contributed by atoms with Crippen molar-refractivity contribution in [1.82, 2.24) is 0 Å². The molecule has 0 amide bonds. The molecule has 0 saturated carbocycles. The molecule has 0 aromatic heterocycles. The summed E-state index contributed by atoms with van der Waals surface area (Å²) >= 11 is 0. The highest BCUT2D eigenvalue weighted by molar-refractivity contribution is 5.62. The summed E-state index contributed by atoms with van der Waals surface area (Å²) in [5.74, 6) is 1.33. The fourth-order valence-corrected chi connectivity index (χ4v) is 1.97. The average molecular weight is 279 g/mol. The minimum Gasteiger partial charge on any atom is -0.448 e. The molecule has 0 spiro atoms. The Hall–Kier alpha value is -2.44.